The van der Waals surface area contributed by atoms with Crippen molar-refractivity contribution < 1.29 is 13.2 Å². The quantitative estimate of drug-likeness (QED) is 0.478. The van der Waals surface area contributed by atoms with E-state index in [1.807, 2.05) is 43.3 Å². The molecule has 1 aliphatic rings. The number of halogens is 1. The highest BCUT2D eigenvalue weighted by Gasteiger charge is 2.18. The number of carbonyl (C=O) groups is 1. The standard InChI is InChI=1S/C24H24ClN3O3S/c1-16-3-2-4-19(23(16)25)14-27-24(29)28-20-6-8-21(9-7-20)32(30,31)15-17-5-10-22-18(13-17)11-12-26-22/h2-10,13,26H,11-12,14-15H2,1H3,(H2,27,28,29). The number of nitrogens with one attached hydrogen (secondary N) is 3. The third kappa shape index (κ3) is 5.06. The number of amides is 2. The van der Waals surface area contributed by atoms with Gasteiger partial charge in [0, 0.05) is 29.5 Å². The molecule has 8 heteroatoms. The Morgan fingerprint density at radius 1 is 1.09 bits per heavy atom. The first-order valence-electron chi connectivity index (χ1n) is 10.3. The van der Waals surface area contributed by atoms with Crippen molar-refractivity contribution in [3.05, 3.63) is 87.9 Å². The SMILES string of the molecule is Cc1cccc(CNC(=O)Nc2ccc(S(=O)(=O)Cc3ccc4c(c3)CCN4)cc2)c1Cl. The van der Waals surface area contributed by atoms with E-state index in [4.69, 9.17) is 11.6 Å². The van der Waals surface area contributed by atoms with Crippen molar-refractivity contribution in [1.82, 2.24) is 5.32 Å². The van der Waals surface area contributed by atoms with Gasteiger partial charge in [0.05, 0.1) is 10.6 Å². The lowest BCUT2D eigenvalue weighted by molar-refractivity contribution is 0.251. The Morgan fingerprint density at radius 3 is 2.66 bits per heavy atom. The number of hydrogen-bond acceptors (Lipinski definition) is 4. The van der Waals surface area contributed by atoms with E-state index in [2.05, 4.69) is 16.0 Å². The number of carbonyl (C=O) groups excluding carboxylic acids is 1. The van der Waals surface area contributed by atoms with Gasteiger partial charge in [0.2, 0.25) is 0 Å². The molecule has 0 fully saturated rings. The summed E-state index contributed by atoms with van der Waals surface area (Å²) < 4.78 is 25.7. The Bertz CT molecular complexity index is 1260. The number of fused-ring (bicyclic) bond motifs is 1. The number of urea groups is 1. The molecule has 0 unspecified atom stereocenters. The minimum absolute atomic E-state index is 0.0647. The molecule has 3 N–H and O–H groups in total. The Kier molecular flexibility index (Phi) is 6.39. The van der Waals surface area contributed by atoms with E-state index in [1.165, 1.54) is 12.1 Å². The van der Waals surface area contributed by atoms with E-state index < -0.39 is 15.9 Å². The van der Waals surface area contributed by atoms with Gasteiger partial charge in [-0.2, -0.15) is 0 Å². The summed E-state index contributed by atoms with van der Waals surface area (Å²) in [5.41, 5.74) is 5.26. The molecule has 32 heavy (non-hydrogen) atoms. The van der Waals surface area contributed by atoms with Gasteiger partial charge in [-0.3, -0.25) is 0 Å². The lowest BCUT2D eigenvalue weighted by atomic mass is 10.1. The van der Waals surface area contributed by atoms with Crippen LogP contribution >= 0.6 is 11.6 Å². The maximum atomic E-state index is 12.8. The number of benzene rings is 3. The second-order valence-electron chi connectivity index (χ2n) is 7.81. The van der Waals surface area contributed by atoms with Crippen LogP contribution in [0.2, 0.25) is 5.02 Å². The molecule has 0 saturated carbocycles. The van der Waals surface area contributed by atoms with Gasteiger partial charge in [-0.05, 0) is 65.9 Å². The summed E-state index contributed by atoms with van der Waals surface area (Å²) in [6.45, 7) is 3.07. The van der Waals surface area contributed by atoms with Crippen LogP contribution < -0.4 is 16.0 Å². The van der Waals surface area contributed by atoms with Crippen LogP contribution in [0.1, 0.15) is 22.3 Å². The monoisotopic (exact) mass is 469 g/mol. The highest BCUT2D eigenvalue weighted by Crippen LogP contribution is 2.26. The van der Waals surface area contributed by atoms with E-state index in [0.717, 1.165) is 40.9 Å². The molecule has 3 aromatic carbocycles. The smallest absolute Gasteiger partial charge is 0.319 e. The summed E-state index contributed by atoms with van der Waals surface area (Å²) in [6, 6.07) is 17.2. The Balaban J connectivity index is 1.36. The molecule has 2 amide bonds. The summed E-state index contributed by atoms with van der Waals surface area (Å²) in [6.07, 6.45) is 0.905. The maximum Gasteiger partial charge on any atom is 0.319 e. The third-order valence-electron chi connectivity index (χ3n) is 5.42. The lowest BCUT2D eigenvalue weighted by Crippen LogP contribution is -2.28. The molecule has 166 valence electrons. The molecule has 4 rings (SSSR count). The average molecular weight is 470 g/mol. The zero-order valence-electron chi connectivity index (χ0n) is 17.6. The topological polar surface area (TPSA) is 87.3 Å². The molecule has 1 heterocycles. The fraction of sp³-hybridized carbons (Fsp3) is 0.208. The average Bonchev–Trinajstić information content (AvgIpc) is 3.23. The van der Waals surface area contributed by atoms with Crippen molar-refractivity contribution in [1.29, 1.82) is 0 Å². The minimum atomic E-state index is -3.49. The van der Waals surface area contributed by atoms with E-state index in [0.29, 0.717) is 10.7 Å². The third-order valence-corrected chi connectivity index (χ3v) is 7.66. The minimum Gasteiger partial charge on any atom is -0.384 e. The molecule has 1 aliphatic heterocycles. The molecular weight excluding hydrogens is 446 g/mol. The van der Waals surface area contributed by atoms with E-state index in [-0.39, 0.29) is 17.2 Å². The maximum absolute atomic E-state index is 12.8. The van der Waals surface area contributed by atoms with Gasteiger partial charge in [-0.1, -0.05) is 41.9 Å². The van der Waals surface area contributed by atoms with Gasteiger partial charge in [-0.15, -0.1) is 0 Å². The Hall–Kier alpha value is -3.03. The molecule has 0 saturated heterocycles. The number of sulfone groups is 1. The van der Waals surface area contributed by atoms with Gasteiger partial charge in [0.25, 0.3) is 0 Å². The predicted molar refractivity (Wildman–Crippen MR) is 128 cm³/mol. The van der Waals surface area contributed by atoms with Crippen LogP contribution in [0.3, 0.4) is 0 Å². The van der Waals surface area contributed by atoms with E-state index in [1.54, 1.807) is 12.1 Å². The molecule has 0 aliphatic carbocycles. The molecule has 0 spiro atoms. The Labute approximate surface area is 192 Å². The van der Waals surface area contributed by atoms with Crippen LogP contribution in [0, 0.1) is 6.92 Å². The first kappa shape index (κ1) is 22.2. The molecule has 6 nitrogen and oxygen atoms in total. The van der Waals surface area contributed by atoms with Gasteiger partial charge >= 0.3 is 6.03 Å². The molecular formula is C24H24ClN3O3S. The molecule has 0 atom stereocenters. The van der Waals surface area contributed by atoms with Crippen molar-refractivity contribution >= 4 is 38.8 Å². The Morgan fingerprint density at radius 2 is 1.88 bits per heavy atom. The number of anilines is 2. The molecule has 3 aromatic rings. The first-order chi connectivity index (χ1) is 15.3. The van der Waals surface area contributed by atoms with Crippen LogP contribution in [-0.4, -0.2) is 21.0 Å². The normalized spacial score (nSPS) is 12.7. The molecule has 0 aromatic heterocycles. The predicted octanol–water partition coefficient (Wildman–Crippen LogP) is 4.91. The van der Waals surface area contributed by atoms with Crippen molar-refractivity contribution in [3.63, 3.8) is 0 Å². The molecule has 0 radical (unpaired) electrons. The van der Waals surface area contributed by atoms with Gasteiger partial charge in [0.1, 0.15) is 0 Å². The van der Waals surface area contributed by atoms with Gasteiger partial charge < -0.3 is 16.0 Å². The second kappa shape index (κ2) is 9.22. The van der Waals surface area contributed by atoms with Crippen LogP contribution in [0.4, 0.5) is 16.2 Å². The van der Waals surface area contributed by atoms with Crippen molar-refractivity contribution in [2.75, 3.05) is 17.2 Å². The number of hydrogen-bond donors (Lipinski definition) is 3. The van der Waals surface area contributed by atoms with Crippen LogP contribution in [0.15, 0.2) is 65.6 Å². The fourth-order valence-corrected chi connectivity index (χ4v) is 5.22. The van der Waals surface area contributed by atoms with E-state index in [9.17, 15) is 13.2 Å². The number of aryl methyl sites for hydroxylation is 1. The van der Waals surface area contributed by atoms with Crippen LogP contribution in [-0.2, 0) is 28.6 Å². The summed E-state index contributed by atoms with van der Waals surface area (Å²) >= 11 is 6.25. The number of rotatable bonds is 6. The second-order valence-corrected chi connectivity index (χ2v) is 10.2. The molecule has 0 bridgehead atoms. The highest BCUT2D eigenvalue weighted by atomic mass is 35.5. The van der Waals surface area contributed by atoms with Crippen molar-refractivity contribution in [2.24, 2.45) is 0 Å². The fourth-order valence-electron chi connectivity index (χ4n) is 3.69. The highest BCUT2D eigenvalue weighted by molar-refractivity contribution is 7.90. The van der Waals surface area contributed by atoms with Gasteiger partial charge in [0.15, 0.2) is 9.84 Å². The van der Waals surface area contributed by atoms with Gasteiger partial charge in [-0.25, -0.2) is 13.2 Å². The van der Waals surface area contributed by atoms with Crippen LogP contribution in [0.25, 0.3) is 0 Å². The summed E-state index contributed by atoms with van der Waals surface area (Å²) in [5.74, 6) is -0.0647. The lowest BCUT2D eigenvalue weighted by Gasteiger charge is -2.11. The van der Waals surface area contributed by atoms with E-state index >= 15 is 0 Å². The zero-order chi connectivity index (χ0) is 22.7. The first-order valence-corrected chi connectivity index (χ1v) is 12.3. The van der Waals surface area contributed by atoms with Crippen LogP contribution in [0.5, 0.6) is 0 Å². The van der Waals surface area contributed by atoms with Crippen molar-refractivity contribution in [3.8, 4) is 0 Å². The summed E-state index contributed by atoms with van der Waals surface area (Å²) in [4.78, 5) is 12.4. The summed E-state index contributed by atoms with van der Waals surface area (Å²) in [5, 5.41) is 9.36. The summed E-state index contributed by atoms with van der Waals surface area (Å²) in [7, 11) is -3.49. The zero-order valence-corrected chi connectivity index (χ0v) is 19.2. The largest absolute Gasteiger partial charge is 0.384 e. The van der Waals surface area contributed by atoms with Crippen molar-refractivity contribution in [2.45, 2.75) is 30.5 Å².